The Balaban J connectivity index is 1.62. The van der Waals surface area contributed by atoms with Crippen molar-refractivity contribution in [1.82, 2.24) is 4.90 Å². The fraction of sp³-hybridized carbons (Fsp3) is 0.455. The Morgan fingerprint density at radius 2 is 1.81 bits per heavy atom. The molecule has 2 aromatic carbocycles. The van der Waals surface area contributed by atoms with Gasteiger partial charge in [-0.15, -0.1) is 0 Å². The second-order valence-electron chi connectivity index (χ2n) is 7.65. The molecule has 1 N–H and O–H groups in total. The first kappa shape index (κ1) is 17.5. The van der Waals surface area contributed by atoms with E-state index in [1.807, 2.05) is 18.2 Å². The van der Waals surface area contributed by atoms with Crippen LogP contribution in [0.4, 0.5) is 0 Å². The first-order valence-corrected chi connectivity index (χ1v) is 9.34. The van der Waals surface area contributed by atoms with Gasteiger partial charge in [-0.1, -0.05) is 42.0 Å². The predicted molar refractivity (Wildman–Crippen MR) is 101 cm³/mol. The van der Waals surface area contributed by atoms with E-state index in [9.17, 15) is 5.11 Å². The number of hydrogen-bond acceptors (Lipinski definition) is 4. The molecule has 4 nitrogen and oxygen atoms in total. The van der Waals surface area contributed by atoms with Gasteiger partial charge in [0.1, 0.15) is 5.75 Å². The number of rotatable bonds is 4. The minimum absolute atomic E-state index is 0.206. The molecule has 2 atom stereocenters. The molecule has 0 spiro atoms. The Morgan fingerprint density at radius 3 is 2.46 bits per heavy atom. The average Bonchev–Trinajstić information content (AvgIpc) is 2.63. The van der Waals surface area contributed by atoms with Crippen molar-refractivity contribution in [2.45, 2.75) is 44.0 Å². The molecule has 0 amide bonds. The van der Waals surface area contributed by atoms with Crippen molar-refractivity contribution in [2.24, 2.45) is 0 Å². The third-order valence-corrected chi connectivity index (χ3v) is 5.77. The quantitative estimate of drug-likeness (QED) is 0.916. The van der Waals surface area contributed by atoms with Crippen LogP contribution in [-0.4, -0.2) is 42.4 Å². The van der Waals surface area contributed by atoms with Gasteiger partial charge in [0.05, 0.1) is 25.9 Å². The third kappa shape index (κ3) is 3.25. The minimum atomic E-state index is -0.871. The van der Waals surface area contributed by atoms with Gasteiger partial charge in [0, 0.05) is 24.2 Å². The maximum Gasteiger partial charge on any atom is 0.124 e. The molecule has 4 rings (SSSR count). The lowest BCUT2D eigenvalue weighted by atomic mass is 9.76. The molecule has 2 heterocycles. The number of aliphatic hydroxyl groups is 1. The molecule has 2 bridgehead atoms. The number of fused-ring (bicyclic) bond motifs is 2. The predicted octanol–water partition coefficient (Wildman–Crippen LogP) is 3.25. The Hall–Kier alpha value is -1.88. The van der Waals surface area contributed by atoms with Crippen molar-refractivity contribution in [3.05, 3.63) is 65.2 Å². The van der Waals surface area contributed by atoms with Crippen LogP contribution < -0.4 is 4.74 Å². The number of hydrogen-bond donors (Lipinski definition) is 1. The number of aryl methyl sites for hydroxylation is 1. The number of methoxy groups -OCH3 is 1. The lowest BCUT2D eigenvalue weighted by molar-refractivity contribution is -0.150. The molecule has 0 aromatic heterocycles. The van der Waals surface area contributed by atoms with E-state index in [1.165, 1.54) is 5.56 Å². The maximum absolute atomic E-state index is 11.6. The lowest BCUT2D eigenvalue weighted by Crippen LogP contribution is -2.60. The van der Waals surface area contributed by atoms with Crippen LogP contribution in [0.15, 0.2) is 48.5 Å². The summed E-state index contributed by atoms with van der Waals surface area (Å²) in [6.45, 7) is 4.29. The zero-order valence-corrected chi connectivity index (χ0v) is 15.5. The Bertz CT molecular complexity index is 747. The van der Waals surface area contributed by atoms with Crippen LogP contribution in [0.5, 0.6) is 5.75 Å². The van der Waals surface area contributed by atoms with Crippen LogP contribution >= 0.6 is 0 Å². The van der Waals surface area contributed by atoms with Crippen LogP contribution in [0, 0.1) is 6.92 Å². The van der Waals surface area contributed by atoms with Gasteiger partial charge in [0.15, 0.2) is 0 Å². The molecular formula is C22H27NO3. The van der Waals surface area contributed by atoms with E-state index in [1.54, 1.807) is 7.11 Å². The van der Waals surface area contributed by atoms with Crippen molar-refractivity contribution >= 4 is 0 Å². The van der Waals surface area contributed by atoms with Gasteiger partial charge in [-0.05, 0) is 37.5 Å². The number of morpholine rings is 1. The summed E-state index contributed by atoms with van der Waals surface area (Å²) in [6, 6.07) is 17.0. The molecule has 0 saturated carbocycles. The summed E-state index contributed by atoms with van der Waals surface area (Å²) in [5.74, 6) is 0.772. The summed E-state index contributed by atoms with van der Waals surface area (Å²) in [5, 5.41) is 11.6. The molecule has 2 saturated heterocycles. The largest absolute Gasteiger partial charge is 0.496 e. The summed E-state index contributed by atoms with van der Waals surface area (Å²) in [6.07, 6.45) is 1.33. The van der Waals surface area contributed by atoms with Gasteiger partial charge in [-0.3, -0.25) is 4.90 Å². The Morgan fingerprint density at radius 1 is 1.12 bits per heavy atom. The van der Waals surface area contributed by atoms with Crippen molar-refractivity contribution in [2.75, 3.05) is 20.3 Å². The molecule has 0 radical (unpaired) electrons. The lowest BCUT2D eigenvalue weighted by Gasteiger charge is -2.52. The van der Waals surface area contributed by atoms with Crippen molar-refractivity contribution in [1.29, 1.82) is 0 Å². The van der Waals surface area contributed by atoms with Crippen LogP contribution in [0.25, 0.3) is 0 Å². The number of nitrogens with zero attached hydrogens (tertiary/aromatic N) is 1. The molecule has 2 unspecified atom stereocenters. The Labute approximate surface area is 155 Å². The monoisotopic (exact) mass is 353 g/mol. The van der Waals surface area contributed by atoms with E-state index in [0.29, 0.717) is 26.1 Å². The van der Waals surface area contributed by atoms with Gasteiger partial charge in [0.25, 0.3) is 0 Å². The maximum atomic E-state index is 11.6. The molecule has 2 aromatic rings. The van der Waals surface area contributed by atoms with Crippen LogP contribution in [0.1, 0.15) is 29.5 Å². The molecule has 138 valence electrons. The van der Waals surface area contributed by atoms with Gasteiger partial charge < -0.3 is 14.6 Å². The average molecular weight is 353 g/mol. The van der Waals surface area contributed by atoms with E-state index in [4.69, 9.17) is 9.47 Å². The summed E-state index contributed by atoms with van der Waals surface area (Å²) in [4.78, 5) is 2.51. The zero-order chi connectivity index (χ0) is 18.1. The fourth-order valence-corrected chi connectivity index (χ4v) is 4.50. The van der Waals surface area contributed by atoms with Gasteiger partial charge in [-0.25, -0.2) is 0 Å². The first-order chi connectivity index (χ1) is 12.6. The molecule has 2 fully saturated rings. The minimum Gasteiger partial charge on any atom is -0.496 e. The highest BCUT2D eigenvalue weighted by Gasteiger charge is 2.47. The van der Waals surface area contributed by atoms with Crippen LogP contribution in [0.3, 0.4) is 0 Å². The zero-order valence-electron chi connectivity index (χ0n) is 15.5. The summed E-state index contributed by atoms with van der Waals surface area (Å²) < 4.78 is 11.4. The van der Waals surface area contributed by atoms with E-state index < -0.39 is 5.60 Å². The SMILES string of the molecule is COc1ccc(C)cc1C1(O)CC2COCC(C1)N2Cc1ccccc1. The van der Waals surface area contributed by atoms with Crippen molar-refractivity contribution in [3.63, 3.8) is 0 Å². The molecule has 2 aliphatic rings. The highest BCUT2D eigenvalue weighted by atomic mass is 16.5. The normalized spacial score (nSPS) is 28.7. The summed E-state index contributed by atoms with van der Waals surface area (Å²) in [7, 11) is 1.67. The molecule has 26 heavy (non-hydrogen) atoms. The highest BCUT2D eigenvalue weighted by molar-refractivity contribution is 5.41. The molecule has 2 aliphatic heterocycles. The van der Waals surface area contributed by atoms with Gasteiger partial charge in [0.2, 0.25) is 0 Å². The Kier molecular flexibility index (Phi) is 4.74. The first-order valence-electron chi connectivity index (χ1n) is 9.34. The smallest absolute Gasteiger partial charge is 0.124 e. The standard InChI is InChI=1S/C22H27NO3/c1-16-8-9-21(25-2)20(10-16)22(24)11-18-14-26-15-19(12-22)23(18)13-17-6-4-3-5-7-17/h3-10,18-19,24H,11-15H2,1-2H3. The van der Waals surface area contributed by atoms with E-state index in [-0.39, 0.29) is 12.1 Å². The number of piperidine rings is 1. The molecule has 0 aliphatic carbocycles. The molecular weight excluding hydrogens is 326 g/mol. The van der Waals surface area contributed by atoms with Crippen LogP contribution in [0.2, 0.25) is 0 Å². The number of benzene rings is 2. The fourth-order valence-electron chi connectivity index (χ4n) is 4.50. The highest BCUT2D eigenvalue weighted by Crippen LogP contribution is 2.44. The van der Waals surface area contributed by atoms with E-state index in [0.717, 1.165) is 23.4 Å². The van der Waals surface area contributed by atoms with Crippen molar-refractivity contribution < 1.29 is 14.6 Å². The second-order valence-corrected chi connectivity index (χ2v) is 7.65. The van der Waals surface area contributed by atoms with Crippen molar-refractivity contribution in [3.8, 4) is 5.75 Å². The van der Waals surface area contributed by atoms with E-state index in [2.05, 4.69) is 42.2 Å². The second kappa shape index (κ2) is 7.03. The van der Waals surface area contributed by atoms with Gasteiger partial charge >= 0.3 is 0 Å². The van der Waals surface area contributed by atoms with Gasteiger partial charge in [-0.2, -0.15) is 0 Å². The summed E-state index contributed by atoms with van der Waals surface area (Å²) >= 11 is 0. The van der Waals surface area contributed by atoms with E-state index >= 15 is 0 Å². The topological polar surface area (TPSA) is 41.9 Å². The number of ether oxygens (including phenoxy) is 2. The van der Waals surface area contributed by atoms with Crippen LogP contribution in [-0.2, 0) is 16.9 Å². The third-order valence-electron chi connectivity index (χ3n) is 5.77. The summed E-state index contributed by atoms with van der Waals surface area (Å²) in [5.41, 5.74) is 2.49. The molecule has 4 heteroatoms.